The van der Waals surface area contributed by atoms with Gasteiger partial charge in [0.2, 0.25) is 0 Å². The van der Waals surface area contributed by atoms with Gasteiger partial charge < -0.3 is 4.74 Å². The zero-order valence-corrected chi connectivity index (χ0v) is 8.20. The van der Waals surface area contributed by atoms with Crippen LogP contribution in [0.2, 0.25) is 0 Å². The number of carbonyl (C=O) groups excluding carboxylic acids is 1. The van der Waals surface area contributed by atoms with Gasteiger partial charge in [0.05, 0.1) is 18.2 Å². The van der Waals surface area contributed by atoms with Gasteiger partial charge in [-0.15, -0.1) is 0 Å². The Kier molecular flexibility index (Phi) is 3.24. The number of hydrogen-bond donors (Lipinski definition) is 0. The molecule has 0 aromatic heterocycles. The van der Waals surface area contributed by atoms with Crippen LogP contribution in [0.3, 0.4) is 0 Å². The average molecular weight is 189 g/mol. The quantitative estimate of drug-likeness (QED) is 0.667. The maximum Gasteiger partial charge on any atom is 0.339 e. The van der Waals surface area contributed by atoms with Crippen LogP contribution in [0.25, 0.3) is 0 Å². The fourth-order valence-corrected chi connectivity index (χ4v) is 1.31. The minimum atomic E-state index is -0.461. The Hall–Kier alpha value is -1.82. The first-order valence-corrected chi connectivity index (χ1v) is 4.34. The number of carbonyl (C=O) groups is 1. The summed E-state index contributed by atoms with van der Waals surface area (Å²) in [5, 5.41) is 8.92. The molecule has 3 heteroatoms. The molecule has 1 rings (SSSR count). The van der Waals surface area contributed by atoms with E-state index >= 15 is 0 Å². The van der Waals surface area contributed by atoms with E-state index in [1.54, 1.807) is 12.1 Å². The van der Waals surface area contributed by atoms with E-state index in [2.05, 4.69) is 4.74 Å². The van der Waals surface area contributed by atoms with Crippen LogP contribution in [0.1, 0.15) is 28.4 Å². The van der Waals surface area contributed by atoms with Gasteiger partial charge in [0.25, 0.3) is 0 Å². The molecule has 0 radical (unpaired) electrons. The second-order valence-electron chi connectivity index (χ2n) is 2.80. The normalized spacial score (nSPS) is 9.21. The number of methoxy groups -OCH3 is 1. The Morgan fingerprint density at radius 3 is 2.79 bits per heavy atom. The molecule has 0 aliphatic rings. The molecule has 1 aromatic carbocycles. The molecule has 1 aromatic rings. The Bertz CT molecular complexity index is 391. The first kappa shape index (κ1) is 10.3. The molecule has 0 amide bonds. The smallest absolute Gasteiger partial charge is 0.339 e. The van der Waals surface area contributed by atoms with Gasteiger partial charge in [-0.25, -0.2) is 4.79 Å². The number of esters is 1. The van der Waals surface area contributed by atoms with Crippen molar-refractivity contribution in [3.63, 3.8) is 0 Å². The molecular weight excluding hydrogens is 178 g/mol. The number of nitriles is 1. The molecule has 0 fully saturated rings. The summed E-state index contributed by atoms with van der Waals surface area (Å²) < 4.78 is 4.59. The van der Waals surface area contributed by atoms with Crippen LogP contribution in [0, 0.1) is 11.3 Å². The summed E-state index contributed by atoms with van der Waals surface area (Å²) in [6.45, 7) is 1.94. The SMILES string of the molecule is CCc1cccc(C(=O)OC)c1C#N. The summed E-state index contributed by atoms with van der Waals surface area (Å²) in [4.78, 5) is 11.3. The van der Waals surface area contributed by atoms with Crippen molar-refractivity contribution in [2.75, 3.05) is 7.11 Å². The van der Waals surface area contributed by atoms with Crippen LogP contribution < -0.4 is 0 Å². The number of rotatable bonds is 2. The summed E-state index contributed by atoms with van der Waals surface area (Å²) in [5.41, 5.74) is 1.63. The topological polar surface area (TPSA) is 50.1 Å². The molecule has 0 atom stereocenters. The molecule has 0 N–H and O–H groups in total. The maximum atomic E-state index is 11.3. The molecule has 3 nitrogen and oxygen atoms in total. The number of ether oxygens (including phenoxy) is 1. The van der Waals surface area contributed by atoms with Crippen LogP contribution in [-0.4, -0.2) is 13.1 Å². The number of benzene rings is 1. The predicted molar refractivity (Wildman–Crippen MR) is 51.9 cm³/mol. The second-order valence-corrected chi connectivity index (χ2v) is 2.80. The zero-order chi connectivity index (χ0) is 10.6. The fourth-order valence-electron chi connectivity index (χ4n) is 1.31. The number of nitrogens with zero attached hydrogens (tertiary/aromatic N) is 1. The summed E-state index contributed by atoms with van der Waals surface area (Å²) in [6.07, 6.45) is 0.730. The minimum Gasteiger partial charge on any atom is -0.465 e. The highest BCUT2D eigenvalue weighted by Gasteiger charge is 2.13. The molecular formula is C11H11NO2. The lowest BCUT2D eigenvalue weighted by atomic mass is 10.0. The molecule has 0 bridgehead atoms. The van der Waals surface area contributed by atoms with Gasteiger partial charge in [-0.05, 0) is 18.1 Å². The first-order chi connectivity index (χ1) is 6.74. The van der Waals surface area contributed by atoms with Crippen LogP contribution in [0.5, 0.6) is 0 Å². The molecule has 0 heterocycles. The van der Waals surface area contributed by atoms with Gasteiger partial charge in [-0.3, -0.25) is 0 Å². The Morgan fingerprint density at radius 2 is 2.29 bits per heavy atom. The van der Waals surface area contributed by atoms with Gasteiger partial charge in [-0.2, -0.15) is 5.26 Å². The highest BCUT2D eigenvalue weighted by Crippen LogP contribution is 2.15. The van der Waals surface area contributed by atoms with Crippen molar-refractivity contribution in [3.8, 4) is 6.07 Å². The van der Waals surface area contributed by atoms with E-state index in [4.69, 9.17) is 5.26 Å². The lowest BCUT2D eigenvalue weighted by molar-refractivity contribution is 0.0600. The molecule has 0 saturated heterocycles. The van der Waals surface area contributed by atoms with Crippen LogP contribution in [0.4, 0.5) is 0 Å². The average Bonchev–Trinajstić information content (AvgIpc) is 2.26. The summed E-state index contributed by atoms with van der Waals surface area (Å²) >= 11 is 0. The Labute approximate surface area is 82.9 Å². The molecule has 14 heavy (non-hydrogen) atoms. The monoisotopic (exact) mass is 189 g/mol. The zero-order valence-electron chi connectivity index (χ0n) is 8.20. The van der Waals surface area contributed by atoms with Gasteiger partial charge >= 0.3 is 5.97 Å². The van der Waals surface area contributed by atoms with Crippen LogP contribution in [-0.2, 0) is 11.2 Å². The van der Waals surface area contributed by atoms with Crippen molar-refractivity contribution in [2.45, 2.75) is 13.3 Å². The van der Waals surface area contributed by atoms with Crippen molar-refractivity contribution < 1.29 is 9.53 Å². The van der Waals surface area contributed by atoms with E-state index in [1.807, 2.05) is 19.1 Å². The van der Waals surface area contributed by atoms with Crippen LogP contribution >= 0.6 is 0 Å². The summed E-state index contributed by atoms with van der Waals surface area (Å²) in [5.74, 6) is -0.461. The third-order valence-corrected chi connectivity index (χ3v) is 2.05. The van der Waals surface area contributed by atoms with Gasteiger partial charge in [0, 0.05) is 0 Å². The van der Waals surface area contributed by atoms with E-state index < -0.39 is 5.97 Å². The van der Waals surface area contributed by atoms with E-state index in [0.717, 1.165) is 12.0 Å². The molecule has 0 saturated carbocycles. The summed E-state index contributed by atoms with van der Waals surface area (Å²) in [7, 11) is 1.31. The molecule has 0 unspecified atom stereocenters. The molecule has 0 spiro atoms. The van der Waals surface area contributed by atoms with Crippen molar-refractivity contribution in [1.29, 1.82) is 5.26 Å². The fraction of sp³-hybridized carbons (Fsp3) is 0.273. The largest absolute Gasteiger partial charge is 0.465 e. The van der Waals surface area contributed by atoms with Crippen molar-refractivity contribution in [1.82, 2.24) is 0 Å². The lowest BCUT2D eigenvalue weighted by Gasteiger charge is -2.05. The van der Waals surface area contributed by atoms with E-state index in [9.17, 15) is 4.79 Å². The van der Waals surface area contributed by atoms with Gasteiger partial charge in [0.15, 0.2) is 0 Å². The second kappa shape index (κ2) is 4.43. The maximum absolute atomic E-state index is 11.3. The van der Waals surface area contributed by atoms with E-state index in [1.165, 1.54) is 7.11 Å². The third kappa shape index (κ3) is 1.74. The van der Waals surface area contributed by atoms with E-state index in [-0.39, 0.29) is 0 Å². The number of aryl methyl sites for hydroxylation is 1. The van der Waals surface area contributed by atoms with Crippen LogP contribution in [0.15, 0.2) is 18.2 Å². The molecule has 0 aliphatic carbocycles. The molecule has 72 valence electrons. The standard InChI is InChI=1S/C11H11NO2/c1-3-8-5-4-6-9(10(8)7-12)11(13)14-2/h4-6H,3H2,1-2H3. The van der Waals surface area contributed by atoms with Crippen molar-refractivity contribution >= 4 is 5.97 Å². The Morgan fingerprint density at radius 1 is 1.57 bits per heavy atom. The lowest BCUT2D eigenvalue weighted by Crippen LogP contribution is -2.05. The molecule has 0 aliphatic heterocycles. The third-order valence-electron chi connectivity index (χ3n) is 2.05. The van der Waals surface area contributed by atoms with Gasteiger partial charge in [-0.1, -0.05) is 19.1 Å². The summed E-state index contributed by atoms with van der Waals surface area (Å²) in [6, 6.07) is 7.22. The highest BCUT2D eigenvalue weighted by molar-refractivity contribution is 5.92. The van der Waals surface area contributed by atoms with Crippen molar-refractivity contribution in [2.24, 2.45) is 0 Å². The van der Waals surface area contributed by atoms with E-state index in [0.29, 0.717) is 11.1 Å². The van der Waals surface area contributed by atoms with Crippen molar-refractivity contribution in [3.05, 3.63) is 34.9 Å². The Balaban J connectivity index is 3.31. The predicted octanol–water partition coefficient (Wildman–Crippen LogP) is 1.91. The van der Waals surface area contributed by atoms with Gasteiger partial charge in [0.1, 0.15) is 6.07 Å². The highest BCUT2D eigenvalue weighted by atomic mass is 16.5. The first-order valence-electron chi connectivity index (χ1n) is 4.34. The number of hydrogen-bond acceptors (Lipinski definition) is 3. The minimum absolute atomic E-state index is 0.342.